The largest absolute Gasteiger partial charge is 0.274 e. The number of nitrogens with zero attached hydrogens (tertiary/aromatic N) is 2. The molecule has 6 aromatic carbocycles. The molecule has 4 heteroatoms. The van der Waals surface area contributed by atoms with Crippen molar-refractivity contribution in [1.82, 2.24) is 9.13 Å². The molecule has 214 valence electrons. The van der Waals surface area contributed by atoms with Crippen molar-refractivity contribution in [3.05, 3.63) is 181 Å². The minimum Gasteiger partial charge on any atom is -0.274 e. The fraction of sp³-hybridized carbons (Fsp3) is 0. The van der Waals surface area contributed by atoms with E-state index in [2.05, 4.69) is 179 Å². The van der Waals surface area contributed by atoms with Crippen molar-refractivity contribution >= 4 is 80.1 Å². The monoisotopic (exact) mass is 622 g/mol. The van der Waals surface area contributed by atoms with Gasteiger partial charge in [-0.2, -0.15) is 0 Å². The van der Waals surface area contributed by atoms with E-state index in [1.807, 2.05) is 0 Å². The van der Waals surface area contributed by atoms with Gasteiger partial charge in [-0.15, -0.1) is 0 Å². The molecule has 0 amide bonds. The van der Waals surface area contributed by atoms with Gasteiger partial charge in [0.2, 0.25) is 36.6 Å². The Balaban J connectivity index is 1.33. The number of hydrogen-bond acceptors (Lipinski definition) is 0. The number of fused-ring (bicyclic) bond motifs is 7. The smallest absolute Gasteiger partial charge is 0.235 e. The van der Waals surface area contributed by atoms with Crippen LogP contribution in [0.3, 0.4) is 0 Å². The first kappa shape index (κ1) is 26.0. The molecule has 2 aliphatic rings. The fourth-order valence-electron chi connectivity index (χ4n) is 7.49. The van der Waals surface area contributed by atoms with Crippen LogP contribution in [0.25, 0.3) is 43.6 Å². The molecular formula is C42H28N2P2+2. The molecule has 2 nitrogen and oxygen atoms in total. The Bertz CT molecular complexity index is 2370. The average molecular weight is 623 g/mol. The van der Waals surface area contributed by atoms with E-state index in [4.69, 9.17) is 0 Å². The van der Waals surface area contributed by atoms with Gasteiger partial charge in [0.1, 0.15) is 0 Å². The third kappa shape index (κ3) is 3.66. The molecule has 46 heavy (non-hydrogen) atoms. The van der Waals surface area contributed by atoms with Crippen molar-refractivity contribution in [2.24, 2.45) is 0 Å². The van der Waals surface area contributed by atoms with Crippen molar-refractivity contribution in [3.8, 4) is 0 Å². The third-order valence-corrected chi connectivity index (χ3v) is 14.5. The molecule has 2 atom stereocenters. The Morgan fingerprint density at radius 3 is 0.913 bits per heavy atom. The van der Waals surface area contributed by atoms with Crippen LogP contribution in [0.2, 0.25) is 0 Å². The summed E-state index contributed by atoms with van der Waals surface area (Å²) in [7, 11) is -1.63. The van der Waals surface area contributed by atoms with Gasteiger partial charge in [0.25, 0.3) is 0 Å². The SMILES string of the molecule is C1=C2C(=CC(n3c4ccccc4c4ccccc43)=[P+]2c2ccccc2)[P+](c2ccccc2)=C1n1c2ccccc2c2ccccc21. The molecule has 0 N–H and O–H groups in total. The van der Waals surface area contributed by atoms with Crippen molar-refractivity contribution in [3.63, 3.8) is 0 Å². The van der Waals surface area contributed by atoms with Crippen LogP contribution in [-0.2, 0) is 0 Å². The van der Waals surface area contributed by atoms with Gasteiger partial charge in [-0.25, -0.2) is 0 Å². The molecule has 10 rings (SSSR count). The summed E-state index contributed by atoms with van der Waals surface area (Å²) < 4.78 is 5.13. The maximum Gasteiger partial charge on any atom is 0.235 e. The molecule has 0 fully saturated rings. The van der Waals surface area contributed by atoms with Gasteiger partial charge in [-0.05, 0) is 48.5 Å². The minimum absolute atomic E-state index is 0.817. The molecule has 0 saturated carbocycles. The Labute approximate surface area is 268 Å². The van der Waals surface area contributed by atoms with Gasteiger partial charge in [0, 0.05) is 21.5 Å². The molecule has 0 bridgehead atoms. The highest BCUT2D eigenvalue weighted by atomic mass is 31.1. The van der Waals surface area contributed by atoms with E-state index in [1.165, 1.54) is 75.7 Å². The molecule has 0 saturated heterocycles. The summed E-state index contributed by atoms with van der Waals surface area (Å²) in [4.78, 5) is 0. The third-order valence-electron chi connectivity index (χ3n) is 9.38. The second-order valence-electron chi connectivity index (χ2n) is 11.9. The van der Waals surface area contributed by atoms with E-state index in [1.54, 1.807) is 0 Å². The number of rotatable bonds is 4. The minimum atomic E-state index is -0.817. The first-order chi connectivity index (χ1) is 22.9. The maximum atomic E-state index is 2.57. The summed E-state index contributed by atoms with van der Waals surface area (Å²) in [5, 5.41) is 11.0. The highest BCUT2D eigenvalue weighted by Crippen LogP contribution is 2.59. The predicted octanol–water partition coefficient (Wildman–Crippen LogP) is 9.97. The van der Waals surface area contributed by atoms with E-state index in [0.29, 0.717) is 0 Å². The van der Waals surface area contributed by atoms with Gasteiger partial charge < -0.3 is 0 Å². The van der Waals surface area contributed by atoms with Gasteiger partial charge in [-0.1, -0.05) is 109 Å². The van der Waals surface area contributed by atoms with Crippen LogP contribution in [0.4, 0.5) is 0 Å². The van der Waals surface area contributed by atoms with Crippen LogP contribution < -0.4 is 10.6 Å². The highest BCUT2D eigenvalue weighted by Gasteiger charge is 2.50. The zero-order valence-corrected chi connectivity index (χ0v) is 26.7. The van der Waals surface area contributed by atoms with Crippen LogP contribution in [0.15, 0.2) is 181 Å². The van der Waals surface area contributed by atoms with Crippen molar-refractivity contribution in [2.45, 2.75) is 0 Å². The topological polar surface area (TPSA) is 9.86 Å². The maximum absolute atomic E-state index is 2.57. The molecule has 2 aromatic heterocycles. The number of para-hydroxylation sites is 4. The zero-order valence-electron chi connectivity index (χ0n) is 25.0. The zero-order chi connectivity index (χ0) is 30.2. The van der Waals surface area contributed by atoms with E-state index in [-0.39, 0.29) is 0 Å². The summed E-state index contributed by atoms with van der Waals surface area (Å²) in [5.41, 5.74) is 7.88. The van der Waals surface area contributed by atoms with Crippen LogP contribution in [0, 0.1) is 0 Å². The molecule has 0 radical (unpaired) electrons. The normalized spacial score (nSPS) is 16.2. The van der Waals surface area contributed by atoms with E-state index >= 15 is 0 Å². The Hall–Kier alpha value is -5.26. The first-order valence-electron chi connectivity index (χ1n) is 15.7. The predicted molar refractivity (Wildman–Crippen MR) is 202 cm³/mol. The lowest BCUT2D eigenvalue weighted by Gasteiger charge is -2.05. The molecule has 0 aliphatic carbocycles. The van der Waals surface area contributed by atoms with Gasteiger partial charge >= 0.3 is 0 Å². The number of aromatic nitrogens is 2. The van der Waals surface area contributed by atoms with Crippen LogP contribution in [0.5, 0.6) is 0 Å². The fourth-order valence-corrected chi connectivity index (χ4v) is 13.3. The van der Waals surface area contributed by atoms with Gasteiger partial charge in [0.15, 0.2) is 10.6 Å². The standard InChI is InChI=1S/C42H28N2P2/c1-3-15-29(16-4-1)45-39-27-42(44-37-25-13-9-21-33(37)34-22-10-14-26-38(34)44)46(30-17-5-2-6-18-30)40(39)28-41(45)43-35-23-11-7-19-31(35)32-20-8-12-24-36(32)43/h1-28H/q+2. The lowest BCUT2D eigenvalue weighted by molar-refractivity contribution is 1.32. The van der Waals surface area contributed by atoms with Gasteiger partial charge in [0.05, 0.1) is 34.2 Å². The van der Waals surface area contributed by atoms with E-state index in [9.17, 15) is 0 Å². The number of hydrogen-bond donors (Lipinski definition) is 0. The summed E-state index contributed by atoms with van der Waals surface area (Å²) in [6.07, 6.45) is 5.14. The van der Waals surface area contributed by atoms with Crippen molar-refractivity contribution in [1.29, 1.82) is 0 Å². The van der Waals surface area contributed by atoms with Gasteiger partial charge in [-0.3, -0.25) is 9.13 Å². The average Bonchev–Trinajstić information content (AvgIpc) is 3.85. The molecule has 0 spiro atoms. The van der Waals surface area contributed by atoms with Crippen molar-refractivity contribution < 1.29 is 0 Å². The van der Waals surface area contributed by atoms with E-state index < -0.39 is 15.1 Å². The molecule has 4 heterocycles. The molecule has 2 aliphatic heterocycles. The second kappa shape index (κ2) is 10.1. The molecule has 2 unspecified atom stereocenters. The Morgan fingerprint density at radius 1 is 0.304 bits per heavy atom. The lowest BCUT2D eigenvalue weighted by Crippen LogP contribution is -2.12. The quantitative estimate of drug-likeness (QED) is 0.173. The number of benzene rings is 6. The van der Waals surface area contributed by atoms with Crippen LogP contribution in [-0.4, -0.2) is 20.0 Å². The summed E-state index contributed by atoms with van der Waals surface area (Å²) in [6.45, 7) is 0. The Morgan fingerprint density at radius 2 is 0.587 bits per heavy atom. The summed E-state index contributed by atoms with van der Waals surface area (Å²) in [6, 6.07) is 58.0. The summed E-state index contributed by atoms with van der Waals surface area (Å²) in [5.74, 6) is 0. The first-order valence-corrected chi connectivity index (χ1v) is 18.4. The Kier molecular flexibility index (Phi) is 5.73. The van der Waals surface area contributed by atoms with E-state index in [0.717, 1.165) is 0 Å². The second-order valence-corrected chi connectivity index (χ2v) is 16.1. The molecular weight excluding hydrogens is 594 g/mol. The van der Waals surface area contributed by atoms with Crippen LogP contribution in [0.1, 0.15) is 0 Å². The van der Waals surface area contributed by atoms with Crippen molar-refractivity contribution in [2.75, 3.05) is 0 Å². The molecule has 8 aromatic rings. The highest BCUT2D eigenvalue weighted by molar-refractivity contribution is 7.78. The summed E-state index contributed by atoms with van der Waals surface area (Å²) >= 11 is 0. The van der Waals surface area contributed by atoms with Crippen LogP contribution >= 0.6 is 15.1 Å². The lowest BCUT2D eigenvalue weighted by atomic mass is 10.2. The number of allylic oxidation sites excluding steroid dienone is 4.